The molecule has 0 aliphatic heterocycles. The number of nitrogens with one attached hydrogen (secondary N) is 1. The second-order valence-corrected chi connectivity index (χ2v) is 7.52. The third kappa shape index (κ3) is 8.93. The summed E-state index contributed by atoms with van der Waals surface area (Å²) in [4.78, 5) is 26.7. The van der Waals surface area contributed by atoms with Crippen LogP contribution < -0.4 is 5.32 Å². The molecule has 1 N–H and O–H groups in total. The molecule has 0 radical (unpaired) electrons. The van der Waals surface area contributed by atoms with Gasteiger partial charge in [0.25, 0.3) is 0 Å². The van der Waals surface area contributed by atoms with E-state index in [4.69, 9.17) is 20.6 Å². The van der Waals surface area contributed by atoms with Crippen LogP contribution >= 0.6 is 19.2 Å². The lowest BCUT2D eigenvalue weighted by Gasteiger charge is -2.16. The fraction of sp³-hybridized carbons (Fsp3) is 0.278. The number of aldehydes is 1. The molecule has 2 aromatic rings. The van der Waals surface area contributed by atoms with Gasteiger partial charge in [-0.05, 0) is 44.2 Å². The zero-order chi connectivity index (χ0) is 20.1. The van der Waals surface area contributed by atoms with Gasteiger partial charge in [-0.3, -0.25) is 19.1 Å². The number of carbonyl (C=O) groups is 2. The van der Waals surface area contributed by atoms with Gasteiger partial charge in [-0.15, -0.1) is 0 Å². The van der Waals surface area contributed by atoms with Crippen molar-refractivity contribution >= 4 is 37.1 Å². The van der Waals surface area contributed by atoms with Crippen molar-refractivity contribution in [1.29, 1.82) is 0 Å². The van der Waals surface area contributed by atoms with Gasteiger partial charge >= 0.3 is 7.60 Å². The van der Waals surface area contributed by atoms with Gasteiger partial charge in [0, 0.05) is 23.0 Å². The van der Waals surface area contributed by atoms with Crippen LogP contribution in [0, 0.1) is 0 Å². The summed E-state index contributed by atoms with van der Waals surface area (Å²) in [5.74, 6) is -0.578. The highest BCUT2D eigenvalue weighted by Gasteiger charge is 2.27. The van der Waals surface area contributed by atoms with E-state index in [1.807, 2.05) is 18.2 Å². The first-order valence-electron chi connectivity index (χ1n) is 8.21. The molecule has 0 unspecified atom stereocenters. The van der Waals surface area contributed by atoms with E-state index in [0.29, 0.717) is 11.3 Å². The van der Waals surface area contributed by atoms with Gasteiger partial charge in [0.2, 0.25) is 5.91 Å². The SMILES string of the molecule is CCOP(=O)(CC(=O)Nc1cc(Cl)ccc1C=O)OCC.c1ccncc1. The van der Waals surface area contributed by atoms with Crippen LogP contribution in [0.4, 0.5) is 5.69 Å². The zero-order valence-corrected chi connectivity index (χ0v) is 16.8. The van der Waals surface area contributed by atoms with Crippen molar-refractivity contribution in [2.45, 2.75) is 13.8 Å². The monoisotopic (exact) mass is 412 g/mol. The van der Waals surface area contributed by atoms with Crippen LogP contribution in [0.2, 0.25) is 5.02 Å². The van der Waals surface area contributed by atoms with Crippen molar-refractivity contribution in [3.05, 3.63) is 59.4 Å². The molecule has 0 aliphatic carbocycles. The summed E-state index contributed by atoms with van der Waals surface area (Å²) in [6.07, 6.45) is 3.66. The maximum Gasteiger partial charge on any atom is 0.340 e. The molecule has 0 spiro atoms. The molecule has 0 fully saturated rings. The third-order valence-corrected chi connectivity index (χ3v) is 5.18. The second-order valence-electron chi connectivity index (χ2n) is 5.03. The molecular formula is C18H22ClN2O5P. The maximum atomic E-state index is 12.2. The first-order valence-corrected chi connectivity index (χ1v) is 10.3. The first-order chi connectivity index (χ1) is 12.9. The van der Waals surface area contributed by atoms with E-state index in [-0.39, 0.29) is 24.5 Å². The number of benzene rings is 1. The van der Waals surface area contributed by atoms with Gasteiger partial charge in [0.1, 0.15) is 6.16 Å². The van der Waals surface area contributed by atoms with E-state index in [1.165, 1.54) is 18.2 Å². The summed E-state index contributed by atoms with van der Waals surface area (Å²) < 4.78 is 22.3. The van der Waals surface area contributed by atoms with E-state index < -0.39 is 19.7 Å². The zero-order valence-electron chi connectivity index (χ0n) is 15.1. The molecule has 0 saturated heterocycles. The summed E-state index contributed by atoms with van der Waals surface area (Å²) in [7, 11) is -3.48. The molecule has 2 rings (SSSR count). The quantitative estimate of drug-likeness (QED) is 0.508. The minimum Gasteiger partial charge on any atom is -0.325 e. The standard InChI is InChI=1S/C13H17ClNO5P.C5H5N/c1-3-19-21(18,20-4-2)9-13(17)15-12-7-11(14)6-5-10(12)8-16;1-2-4-6-5-3-1/h5-8H,3-4,9H2,1-2H3,(H,15,17);1-5H. The first kappa shape index (κ1) is 23.0. The van der Waals surface area contributed by atoms with E-state index in [1.54, 1.807) is 26.2 Å². The molecule has 9 heteroatoms. The number of carbonyl (C=O) groups excluding carboxylic acids is 2. The fourth-order valence-electron chi connectivity index (χ4n) is 1.94. The smallest absolute Gasteiger partial charge is 0.325 e. The van der Waals surface area contributed by atoms with E-state index in [9.17, 15) is 14.2 Å². The molecule has 0 bridgehead atoms. The largest absolute Gasteiger partial charge is 0.340 e. The van der Waals surface area contributed by atoms with E-state index >= 15 is 0 Å². The molecule has 1 aromatic heterocycles. The van der Waals surface area contributed by atoms with Gasteiger partial charge in [-0.25, -0.2) is 0 Å². The Morgan fingerprint density at radius 3 is 2.26 bits per heavy atom. The van der Waals surface area contributed by atoms with Crippen molar-refractivity contribution in [3.63, 3.8) is 0 Å². The third-order valence-electron chi connectivity index (χ3n) is 2.97. The Morgan fingerprint density at radius 2 is 1.81 bits per heavy atom. The Balaban J connectivity index is 0.000000511. The highest BCUT2D eigenvalue weighted by molar-refractivity contribution is 7.54. The lowest BCUT2D eigenvalue weighted by Crippen LogP contribution is -2.19. The Morgan fingerprint density at radius 1 is 1.19 bits per heavy atom. The van der Waals surface area contributed by atoms with Crippen LogP contribution in [-0.2, 0) is 18.4 Å². The van der Waals surface area contributed by atoms with Gasteiger partial charge in [0.05, 0.1) is 18.9 Å². The van der Waals surface area contributed by atoms with Crippen LogP contribution in [0.5, 0.6) is 0 Å². The van der Waals surface area contributed by atoms with Crippen molar-refractivity contribution in [1.82, 2.24) is 4.98 Å². The Kier molecular flexibility index (Phi) is 10.5. The minimum atomic E-state index is -3.48. The number of nitrogens with zero attached hydrogens (tertiary/aromatic N) is 1. The van der Waals surface area contributed by atoms with Crippen LogP contribution in [0.1, 0.15) is 24.2 Å². The fourth-order valence-corrected chi connectivity index (χ4v) is 3.59. The predicted octanol–water partition coefficient (Wildman–Crippen LogP) is 4.44. The number of rotatable bonds is 8. The summed E-state index contributed by atoms with van der Waals surface area (Å²) in [6.45, 7) is 3.65. The molecule has 0 saturated carbocycles. The molecule has 1 amide bonds. The average molecular weight is 413 g/mol. The number of pyridine rings is 1. The van der Waals surface area contributed by atoms with Gasteiger partial charge in [-0.2, -0.15) is 0 Å². The molecule has 27 heavy (non-hydrogen) atoms. The number of anilines is 1. The molecule has 1 heterocycles. The number of amides is 1. The molecule has 0 aliphatic rings. The Hall–Kier alpha value is -2.05. The Labute approximate surface area is 163 Å². The van der Waals surface area contributed by atoms with Crippen LogP contribution in [0.15, 0.2) is 48.8 Å². The topological polar surface area (TPSA) is 94.6 Å². The number of hydrogen-bond donors (Lipinski definition) is 1. The molecule has 0 atom stereocenters. The highest BCUT2D eigenvalue weighted by atomic mass is 35.5. The number of hydrogen-bond acceptors (Lipinski definition) is 6. The molecule has 7 nitrogen and oxygen atoms in total. The average Bonchev–Trinajstić information content (AvgIpc) is 2.64. The van der Waals surface area contributed by atoms with Crippen LogP contribution in [-0.4, -0.2) is 36.6 Å². The summed E-state index contributed by atoms with van der Waals surface area (Å²) in [5.41, 5.74) is 0.525. The minimum absolute atomic E-state index is 0.168. The van der Waals surface area contributed by atoms with Gasteiger partial charge in [0.15, 0.2) is 6.29 Å². The lowest BCUT2D eigenvalue weighted by atomic mass is 10.2. The highest BCUT2D eigenvalue weighted by Crippen LogP contribution is 2.47. The molecule has 146 valence electrons. The van der Waals surface area contributed by atoms with E-state index in [0.717, 1.165) is 0 Å². The second kappa shape index (κ2) is 12.4. The summed E-state index contributed by atoms with van der Waals surface area (Å²) in [6, 6.07) is 10.2. The molecule has 1 aromatic carbocycles. The lowest BCUT2D eigenvalue weighted by molar-refractivity contribution is -0.114. The van der Waals surface area contributed by atoms with E-state index in [2.05, 4.69) is 10.3 Å². The number of aromatic nitrogens is 1. The van der Waals surface area contributed by atoms with Crippen molar-refractivity contribution in [2.24, 2.45) is 0 Å². The Bertz CT molecular complexity index is 737. The normalized spacial score (nSPS) is 10.5. The summed E-state index contributed by atoms with van der Waals surface area (Å²) in [5, 5.41) is 2.86. The van der Waals surface area contributed by atoms with Crippen molar-refractivity contribution in [3.8, 4) is 0 Å². The summed E-state index contributed by atoms with van der Waals surface area (Å²) >= 11 is 5.82. The maximum absolute atomic E-state index is 12.2. The van der Waals surface area contributed by atoms with Gasteiger partial charge in [-0.1, -0.05) is 17.7 Å². The number of halogens is 1. The predicted molar refractivity (Wildman–Crippen MR) is 105 cm³/mol. The van der Waals surface area contributed by atoms with Crippen molar-refractivity contribution < 1.29 is 23.2 Å². The van der Waals surface area contributed by atoms with Crippen molar-refractivity contribution in [2.75, 3.05) is 24.7 Å². The van der Waals surface area contributed by atoms with Crippen LogP contribution in [0.25, 0.3) is 0 Å². The van der Waals surface area contributed by atoms with Gasteiger partial charge < -0.3 is 14.4 Å². The molecular weight excluding hydrogens is 391 g/mol. The van der Waals surface area contributed by atoms with Crippen LogP contribution in [0.3, 0.4) is 0 Å².